The molecule has 0 saturated carbocycles. The number of aliphatic hydroxyl groups is 5. The molecule has 7 unspecified atom stereocenters. The molecule has 0 aromatic rings. The first-order valence-corrected chi connectivity index (χ1v) is 38.9. The molecule has 0 aromatic carbocycles. The first-order chi connectivity index (χ1) is 44.2. The molecule has 1 fully saturated rings. The summed E-state index contributed by atoms with van der Waals surface area (Å²) < 4.78 is 16.7. The molecule has 1 amide bonds. The average Bonchev–Trinajstić information content (AvgIpc) is 0.993. The highest BCUT2D eigenvalue weighted by Crippen LogP contribution is 2.24. The van der Waals surface area contributed by atoms with E-state index < -0.39 is 49.5 Å². The lowest BCUT2D eigenvalue weighted by molar-refractivity contribution is -0.302. The molecule has 1 heterocycles. The summed E-state index contributed by atoms with van der Waals surface area (Å²) in [6.45, 7) is 4.35. The number of hydrogen-bond donors (Lipinski definition) is 6. The summed E-state index contributed by atoms with van der Waals surface area (Å²) in [5, 5.41) is 54.4. The van der Waals surface area contributed by atoms with Crippen LogP contribution >= 0.6 is 0 Å². The van der Waals surface area contributed by atoms with Crippen molar-refractivity contribution < 1.29 is 49.3 Å². The Morgan fingerprint density at radius 2 is 0.744 bits per heavy atom. The van der Waals surface area contributed by atoms with Gasteiger partial charge in [-0.05, 0) is 89.9 Å². The average molecular weight is 1270 g/mol. The van der Waals surface area contributed by atoms with Crippen LogP contribution in [0.2, 0.25) is 0 Å². The van der Waals surface area contributed by atoms with Crippen LogP contribution in [0.4, 0.5) is 0 Å². The van der Waals surface area contributed by atoms with Crippen LogP contribution in [0.5, 0.6) is 0 Å². The smallest absolute Gasteiger partial charge is 0.305 e. The van der Waals surface area contributed by atoms with Gasteiger partial charge in [0.15, 0.2) is 6.29 Å². The Kier molecular flexibility index (Phi) is 64.7. The maximum absolute atomic E-state index is 13.0. The van der Waals surface area contributed by atoms with Crippen molar-refractivity contribution in [2.75, 3.05) is 19.8 Å². The van der Waals surface area contributed by atoms with Gasteiger partial charge in [0.1, 0.15) is 24.4 Å². The summed E-state index contributed by atoms with van der Waals surface area (Å²) in [6.07, 6.45) is 80.1. The van der Waals surface area contributed by atoms with E-state index in [0.717, 1.165) is 64.2 Å². The number of esters is 1. The largest absolute Gasteiger partial charge is 0.466 e. The number of amides is 1. The van der Waals surface area contributed by atoms with E-state index in [0.29, 0.717) is 19.4 Å². The lowest BCUT2D eigenvalue weighted by Gasteiger charge is -2.40. The SMILES string of the molecule is CCCCCC/C=C\CCCCCCCC(=O)OCCCCCCCCCCCCCCCCC/C=C\C/C=C\CCCCCCCCCCCCCCCCCCCC(=O)NC(COC1OC(CO)C(O)C(O)C1O)C(O)/C=C/CCCCCCCCCC. The van der Waals surface area contributed by atoms with E-state index in [4.69, 9.17) is 14.2 Å². The second kappa shape index (κ2) is 68.0. The zero-order chi connectivity index (χ0) is 65.1. The van der Waals surface area contributed by atoms with Gasteiger partial charge in [-0.2, -0.15) is 0 Å². The molecule has 0 aliphatic carbocycles. The number of unbranched alkanes of at least 4 members (excludes halogenated alkanes) is 49. The van der Waals surface area contributed by atoms with Crippen LogP contribution in [-0.2, 0) is 23.8 Å². The molecule has 1 rings (SSSR count). The van der Waals surface area contributed by atoms with Gasteiger partial charge in [0.05, 0.1) is 32.0 Å². The van der Waals surface area contributed by atoms with Gasteiger partial charge in [-0.25, -0.2) is 0 Å². The maximum atomic E-state index is 13.0. The summed E-state index contributed by atoms with van der Waals surface area (Å²) in [4.78, 5) is 25.1. The van der Waals surface area contributed by atoms with E-state index in [1.54, 1.807) is 6.08 Å². The van der Waals surface area contributed by atoms with E-state index in [-0.39, 0.29) is 18.5 Å². The number of hydrogen-bond acceptors (Lipinski definition) is 10. The van der Waals surface area contributed by atoms with Crippen molar-refractivity contribution >= 4 is 11.9 Å². The summed E-state index contributed by atoms with van der Waals surface area (Å²) in [7, 11) is 0. The fourth-order valence-corrected chi connectivity index (χ4v) is 12.3. The van der Waals surface area contributed by atoms with Crippen molar-refractivity contribution in [2.45, 2.75) is 423 Å². The van der Waals surface area contributed by atoms with Crippen LogP contribution in [0.1, 0.15) is 380 Å². The Balaban J connectivity index is 1.88. The van der Waals surface area contributed by atoms with Gasteiger partial charge in [0.25, 0.3) is 0 Å². The monoisotopic (exact) mass is 1270 g/mol. The van der Waals surface area contributed by atoms with E-state index in [9.17, 15) is 35.1 Å². The van der Waals surface area contributed by atoms with Crippen molar-refractivity contribution in [3.8, 4) is 0 Å². The Hall–Kier alpha value is -2.38. The Morgan fingerprint density at radius 3 is 1.14 bits per heavy atom. The predicted molar refractivity (Wildman–Crippen MR) is 380 cm³/mol. The van der Waals surface area contributed by atoms with E-state index in [1.807, 2.05) is 6.08 Å². The molecule has 1 aliphatic rings. The third-order valence-electron chi connectivity index (χ3n) is 18.4. The van der Waals surface area contributed by atoms with Crippen LogP contribution in [0, 0.1) is 0 Å². The molecule has 0 radical (unpaired) electrons. The zero-order valence-electron chi connectivity index (χ0n) is 58.9. The number of carbonyl (C=O) groups is 2. The third-order valence-corrected chi connectivity index (χ3v) is 18.4. The minimum absolute atomic E-state index is 0.00549. The number of ether oxygens (including phenoxy) is 3. The zero-order valence-corrected chi connectivity index (χ0v) is 58.9. The minimum Gasteiger partial charge on any atom is -0.466 e. The molecule has 1 aliphatic heterocycles. The summed E-state index contributed by atoms with van der Waals surface area (Å²) in [5.41, 5.74) is 0. The van der Waals surface area contributed by atoms with Crippen LogP contribution in [0.15, 0.2) is 48.6 Å². The van der Waals surface area contributed by atoms with Crippen LogP contribution < -0.4 is 5.32 Å². The number of carbonyl (C=O) groups excluding carboxylic acids is 2. The minimum atomic E-state index is -1.57. The van der Waals surface area contributed by atoms with E-state index >= 15 is 0 Å². The first-order valence-electron chi connectivity index (χ1n) is 38.9. The Bertz CT molecular complexity index is 1630. The fourth-order valence-electron chi connectivity index (χ4n) is 12.3. The van der Waals surface area contributed by atoms with Crippen molar-refractivity contribution in [1.82, 2.24) is 5.32 Å². The highest BCUT2D eigenvalue weighted by atomic mass is 16.7. The number of nitrogens with one attached hydrogen (secondary N) is 1. The molecule has 528 valence electrons. The molecule has 7 atom stereocenters. The number of rotatable bonds is 69. The Morgan fingerprint density at radius 1 is 0.411 bits per heavy atom. The van der Waals surface area contributed by atoms with Gasteiger partial charge in [-0.15, -0.1) is 0 Å². The second-order valence-corrected chi connectivity index (χ2v) is 27.1. The topological polar surface area (TPSA) is 175 Å². The second-order valence-electron chi connectivity index (χ2n) is 27.1. The molecule has 11 heteroatoms. The highest BCUT2D eigenvalue weighted by molar-refractivity contribution is 5.76. The molecular formula is C79H147NO10. The molecular weight excluding hydrogens is 1120 g/mol. The molecule has 6 N–H and O–H groups in total. The molecule has 1 saturated heterocycles. The number of aliphatic hydroxyl groups excluding tert-OH is 5. The van der Waals surface area contributed by atoms with Gasteiger partial charge < -0.3 is 45.1 Å². The molecule has 90 heavy (non-hydrogen) atoms. The van der Waals surface area contributed by atoms with E-state index in [2.05, 4.69) is 55.6 Å². The Labute approximate surface area is 555 Å². The van der Waals surface area contributed by atoms with Crippen molar-refractivity contribution in [1.29, 1.82) is 0 Å². The van der Waals surface area contributed by atoms with Gasteiger partial charge in [-0.3, -0.25) is 9.59 Å². The first kappa shape index (κ1) is 85.6. The predicted octanol–water partition coefficient (Wildman–Crippen LogP) is 20.7. The normalized spacial score (nSPS) is 17.9. The van der Waals surface area contributed by atoms with Gasteiger partial charge in [0.2, 0.25) is 5.91 Å². The lowest BCUT2D eigenvalue weighted by atomic mass is 9.99. The van der Waals surface area contributed by atoms with Crippen molar-refractivity contribution in [3.05, 3.63) is 48.6 Å². The van der Waals surface area contributed by atoms with Gasteiger partial charge in [-0.1, -0.05) is 326 Å². The third kappa shape index (κ3) is 56.0. The molecule has 0 spiro atoms. The van der Waals surface area contributed by atoms with Gasteiger partial charge in [0, 0.05) is 12.8 Å². The summed E-state index contributed by atoms with van der Waals surface area (Å²) in [5.74, 6) is -0.173. The van der Waals surface area contributed by atoms with Crippen LogP contribution in [0.3, 0.4) is 0 Å². The standard InChI is InChI=1S/C79H147NO10/c1-3-5-7-9-11-13-15-43-47-51-55-59-63-67-75(84)88-68-64-60-56-52-48-45-42-40-38-36-34-32-30-28-26-24-22-20-18-16-17-19-21-23-25-27-29-31-33-35-37-39-41-44-46-50-54-58-62-66-74(83)80-71(70-89-79-78(87)77(86)76(85)73(69-81)90-79)72(82)65-61-57-53-49-14-12-10-8-6-4-2/h13,15-17,20,22,61,65,71-73,76-79,81-82,85-87H,3-12,14,18-19,21,23-60,62-64,66-70H2,1-2H3,(H,80,83)/b15-13-,17-16-,22-20-,65-61+. The van der Waals surface area contributed by atoms with Gasteiger partial charge >= 0.3 is 5.97 Å². The number of allylic oxidation sites excluding steroid dienone is 7. The van der Waals surface area contributed by atoms with Crippen LogP contribution in [-0.4, -0.2) is 100 Å². The van der Waals surface area contributed by atoms with Crippen molar-refractivity contribution in [3.63, 3.8) is 0 Å². The van der Waals surface area contributed by atoms with E-state index in [1.165, 1.54) is 289 Å². The molecule has 0 bridgehead atoms. The fraction of sp³-hybridized carbons (Fsp3) is 0.873. The quantitative estimate of drug-likeness (QED) is 0.0195. The molecule has 0 aromatic heterocycles. The highest BCUT2D eigenvalue weighted by Gasteiger charge is 2.44. The van der Waals surface area contributed by atoms with Crippen molar-refractivity contribution in [2.24, 2.45) is 0 Å². The summed E-state index contributed by atoms with van der Waals surface area (Å²) >= 11 is 0. The molecule has 11 nitrogen and oxygen atoms in total. The van der Waals surface area contributed by atoms with Crippen LogP contribution in [0.25, 0.3) is 0 Å². The maximum Gasteiger partial charge on any atom is 0.305 e. The lowest BCUT2D eigenvalue weighted by Crippen LogP contribution is -2.60. The summed E-state index contributed by atoms with van der Waals surface area (Å²) in [6, 6.07) is -0.807.